The molecule has 0 aromatic carbocycles. The number of nitrogens with one attached hydrogen (secondary N) is 1. The summed E-state index contributed by atoms with van der Waals surface area (Å²) in [7, 11) is 7.68. The van der Waals surface area contributed by atoms with Gasteiger partial charge in [-0.1, -0.05) is 0 Å². The van der Waals surface area contributed by atoms with Crippen LogP contribution in [0.1, 0.15) is 5.82 Å². The Morgan fingerprint density at radius 2 is 2.00 bits per heavy atom. The molecule has 0 saturated heterocycles. The molecule has 18 heavy (non-hydrogen) atoms. The highest BCUT2D eigenvalue weighted by Crippen LogP contribution is 2.14. The normalized spacial score (nSPS) is 10.8. The molecule has 0 aliphatic rings. The number of likely N-dealkylation sites (N-methyl/N-ethyl adjacent to an activating group) is 2. The van der Waals surface area contributed by atoms with E-state index >= 15 is 0 Å². The molecule has 1 aromatic heterocycles. The second-order valence-electron chi connectivity index (χ2n) is 4.33. The third-order valence-corrected chi connectivity index (χ3v) is 2.45. The fourth-order valence-corrected chi connectivity index (χ4v) is 1.41. The Kier molecular flexibility index (Phi) is 5.76. The van der Waals surface area contributed by atoms with Gasteiger partial charge in [0.2, 0.25) is 0 Å². The maximum Gasteiger partial charge on any atom is 0.158 e. The van der Waals surface area contributed by atoms with Gasteiger partial charge in [-0.2, -0.15) is 0 Å². The van der Waals surface area contributed by atoms with Crippen LogP contribution >= 0.6 is 0 Å². The lowest BCUT2D eigenvalue weighted by Crippen LogP contribution is -2.29. The third-order valence-electron chi connectivity index (χ3n) is 2.45. The van der Waals surface area contributed by atoms with Crippen molar-refractivity contribution >= 4 is 11.6 Å². The highest BCUT2D eigenvalue weighted by molar-refractivity contribution is 5.48. The summed E-state index contributed by atoms with van der Waals surface area (Å²) in [5, 5.41) is 0. The number of ether oxygens (including phenoxy) is 1. The van der Waals surface area contributed by atoms with Gasteiger partial charge in [0.15, 0.2) is 5.82 Å². The Morgan fingerprint density at radius 1 is 1.28 bits per heavy atom. The Balaban J connectivity index is 2.82. The lowest BCUT2D eigenvalue weighted by molar-refractivity contribution is 0.178. The summed E-state index contributed by atoms with van der Waals surface area (Å²) in [5.74, 6) is 7.42. The molecule has 1 rings (SSSR count). The third kappa shape index (κ3) is 4.44. The van der Waals surface area contributed by atoms with Crippen molar-refractivity contribution in [3.63, 3.8) is 0 Å². The van der Waals surface area contributed by atoms with E-state index in [4.69, 9.17) is 10.6 Å². The molecule has 0 spiro atoms. The molecular weight excluding hydrogens is 232 g/mol. The van der Waals surface area contributed by atoms with Gasteiger partial charge in [0.05, 0.1) is 0 Å². The quantitative estimate of drug-likeness (QED) is 0.520. The number of nitrogen functional groups attached to an aromatic ring is 1. The molecular formula is C11H22N6O. The SMILES string of the molecule is COCc1nc(NN)cc(N(C)CCN(C)C)n1. The van der Waals surface area contributed by atoms with E-state index in [0.29, 0.717) is 18.2 Å². The average molecular weight is 254 g/mol. The molecule has 0 atom stereocenters. The zero-order valence-corrected chi connectivity index (χ0v) is 11.5. The fraction of sp³-hybridized carbons (Fsp3) is 0.636. The number of anilines is 2. The number of aromatic nitrogens is 2. The van der Waals surface area contributed by atoms with E-state index < -0.39 is 0 Å². The van der Waals surface area contributed by atoms with Gasteiger partial charge in [0.1, 0.15) is 18.2 Å². The first-order valence-corrected chi connectivity index (χ1v) is 5.76. The van der Waals surface area contributed by atoms with Crippen molar-refractivity contribution in [2.45, 2.75) is 6.61 Å². The second kappa shape index (κ2) is 7.10. The van der Waals surface area contributed by atoms with Crippen LogP contribution in [0.25, 0.3) is 0 Å². The fourth-order valence-electron chi connectivity index (χ4n) is 1.41. The average Bonchev–Trinajstić information content (AvgIpc) is 2.35. The van der Waals surface area contributed by atoms with Gasteiger partial charge in [-0.05, 0) is 14.1 Å². The standard InChI is InChI=1S/C11H22N6O/c1-16(2)5-6-17(3)11-7-9(15-12)13-10(14-11)8-18-4/h7H,5-6,8,12H2,1-4H3,(H,13,14,15). The molecule has 0 amide bonds. The number of rotatable bonds is 7. The van der Waals surface area contributed by atoms with Gasteiger partial charge < -0.3 is 20.0 Å². The highest BCUT2D eigenvalue weighted by Gasteiger charge is 2.08. The zero-order chi connectivity index (χ0) is 13.5. The van der Waals surface area contributed by atoms with E-state index in [1.54, 1.807) is 7.11 Å². The van der Waals surface area contributed by atoms with E-state index in [1.165, 1.54) is 0 Å². The van der Waals surface area contributed by atoms with Crippen molar-refractivity contribution in [2.24, 2.45) is 5.84 Å². The molecule has 0 bridgehead atoms. The van der Waals surface area contributed by atoms with Crippen molar-refractivity contribution in [3.05, 3.63) is 11.9 Å². The minimum absolute atomic E-state index is 0.365. The van der Waals surface area contributed by atoms with E-state index in [0.717, 1.165) is 18.9 Å². The lowest BCUT2D eigenvalue weighted by Gasteiger charge is -2.21. The topological polar surface area (TPSA) is 79.5 Å². The van der Waals surface area contributed by atoms with Gasteiger partial charge in [-0.25, -0.2) is 15.8 Å². The van der Waals surface area contributed by atoms with Crippen molar-refractivity contribution in [3.8, 4) is 0 Å². The van der Waals surface area contributed by atoms with Gasteiger partial charge in [-0.15, -0.1) is 0 Å². The maximum absolute atomic E-state index is 5.40. The van der Waals surface area contributed by atoms with Crippen molar-refractivity contribution in [2.75, 3.05) is 51.7 Å². The molecule has 3 N–H and O–H groups in total. The first-order chi connectivity index (χ1) is 8.56. The number of methoxy groups -OCH3 is 1. The minimum Gasteiger partial charge on any atom is -0.377 e. The molecule has 7 heteroatoms. The monoisotopic (exact) mass is 254 g/mol. The zero-order valence-electron chi connectivity index (χ0n) is 11.5. The number of nitrogens with two attached hydrogens (primary N) is 1. The van der Waals surface area contributed by atoms with Crippen molar-refractivity contribution in [1.29, 1.82) is 0 Å². The largest absolute Gasteiger partial charge is 0.377 e. The molecule has 0 radical (unpaired) electrons. The van der Waals surface area contributed by atoms with Gasteiger partial charge >= 0.3 is 0 Å². The molecule has 0 aliphatic heterocycles. The molecule has 0 fully saturated rings. The minimum atomic E-state index is 0.365. The molecule has 0 saturated carbocycles. The van der Waals surface area contributed by atoms with E-state index in [9.17, 15) is 0 Å². The summed E-state index contributed by atoms with van der Waals surface area (Å²) in [6.45, 7) is 2.19. The summed E-state index contributed by atoms with van der Waals surface area (Å²) in [6.07, 6.45) is 0. The Hall–Kier alpha value is -1.44. The summed E-state index contributed by atoms with van der Waals surface area (Å²) in [4.78, 5) is 12.8. The van der Waals surface area contributed by atoms with Crippen LogP contribution in [-0.4, -0.2) is 56.2 Å². The first-order valence-electron chi connectivity index (χ1n) is 5.76. The van der Waals surface area contributed by atoms with E-state index in [2.05, 4.69) is 25.2 Å². The number of hydrogen-bond donors (Lipinski definition) is 2. The first kappa shape index (κ1) is 14.6. The molecule has 1 aromatic rings. The van der Waals surface area contributed by atoms with Gasteiger partial charge in [0.25, 0.3) is 0 Å². The van der Waals surface area contributed by atoms with Crippen LogP contribution in [0.5, 0.6) is 0 Å². The van der Waals surface area contributed by atoms with Crippen molar-refractivity contribution < 1.29 is 4.74 Å². The van der Waals surface area contributed by atoms with Crippen LogP contribution in [-0.2, 0) is 11.3 Å². The van der Waals surface area contributed by atoms with Crippen LogP contribution in [0.4, 0.5) is 11.6 Å². The summed E-state index contributed by atoms with van der Waals surface area (Å²) in [6, 6.07) is 1.81. The van der Waals surface area contributed by atoms with Crippen molar-refractivity contribution in [1.82, 2.24) is 14.9 Å². The molecule has 7 nitrogen and oxygen atoms in total. The van der Waals surface area contributed by atoms with Gasteiger partial charge in [0, 0.05) is 33.3 Å². The molecule has 0 unspecified atom stereocenters. The van der Waals surface area contributed by atoms with Crippen LogP contribution < -0.4 is 16.2 Å². The predicted octanol–water partition coefficient (Wildman–Crippen LogP) is -0.0936. The summed E-state index contributed by atoms with van der Waals surface area (Å²) < 4.78 is 5.04. The van der Waals surface area contributed by atoms with Crippen LogP contribution in [0.15, 0.2) is 6.07 Å². The predicted molar refractivity (Wildman–Crippen MR) is 72.4 cm³/mol. The number of hydrogen-bond acceptors (Lipinski definition) is 7. The second-order valence-corrected chi connectivity index (χ2v) is 4.33. The van der Waals surface area contributed by atoms with E-state index in [1.807, 2.05) is 27.2 Å². The Labute approximate surface area is 108 Å². The summed E-state index contributed by atoms with van der Waals surface area (Å²) >= 11 is 0. The molecule has 1 heterocycles. The molecule has 0 aliphatic carbocycles. The van der Waals surface area contributed by atoms with Crippen LogP contribution in [0.2, 0.25) is 0 Å². The number of nitrogens with zero attached hydrogens (tertiary/aromatic N) is 4. The lowest BCUT2D eigenvalue weighted by atomic mass is 10.4. The van der Waals surface area contributed by atoms with Crippen LogP contribution in [0.3, 0.4) is 0 Å². The smallest absolute Gasteiger partial charge is 0.158 e. The van der Waals surface area contributed by atoms with Crippen LogP contribution in [0, 0.1) is 0 Å². The van der Waals surface area contributed by atoms with Gasteiger partial charge in [-0.3, -0.25) is 0 Å². The maximum atomic E-state index is 5.40. The molecule has 102 valence electrons. The summed E-state index contributed by atoms with van der Waals surface area (Å²) in [5.41, 5.74) is 2.54. The number of hydrazine groups is 1. The van der Waals surface area contributed by atoms with E-state index in [-0.39, 0.29) is 0 Å². The Bertz CT molecular complexity index is 371. The Morgan fingerprint density at radius 3 is 2.56 bits per heavy atom. The highest BCUT2D eigenvalue weighted by atomic mass is 16.5.